The van der Waals surface area contributed by atoms with Gasteiger partial charge in [-0.3, -0.25) is 9.89 Å². The third-order valence-corrected chi connectivity index (χ3v) is 5.13. The highest BCUT2D eigenvalue weighted by Gasteiger charge is 2.22. The Balaban J connectivity index is 0.00000625. The van der Waals surface area contributed by atoms with Crippen LogP contribution in [-0.4, -0.2) is 87.9 Å². The molecule has 0 saturated carbocycles. The van der Waals surface area contributed by atoms with Crippen LogP contribution in [0.1, 0.15) is 40.5 Å². The fraction of sp³-hybridized carbons (Fsp3) is 0.947. The summed E-state index contributed by atoms with van der Waals surface area (Å²) in [4.78, 5) is 9.32. The molecule has 1 heterocycles. The van der Waals surface area contributed by atoms with Crippen molar-refractivity contribution in [2.24, 2.45) is 10.9 Å². The Labute approximate surface area is 178 Å². The molecule has 1 fully saturated rings. The van der Waals surface area contributed by atoms with E-state index in [1.807, 2.05) is 7.05 Å². The fourth-order valence-corrected chi connectivity index (χ4v) is 3.17. The second kappa shape index (κ2) is 14.9. The lowest BCUT2D eigenvalue weighted by atomic mass is 10.0. The largest absolute Gasteiger partial charge is 0.379 e. The van der Waals surface area contributed by atoms with Crippen LogP contribution in [0, 0.1) is 5.92 Å². The van der Waals surface area contributed by atoms with Crippen molar-refractivity contribution in [1.29, 1.82) is 0 Å². The van der Waals surface area contributed by atoms with Crippen LogP contribution < -0.4 is 10.6 Å². The van der Waals surface area contributed by atoms with E-state index in [9.17, 15) is 0 Å². The number of nitrogens with zero attached hydrogens (tertiary/aromatic N) is 3. The van der Waals surface area contributed by atoms with E-state index in [0.29, 0.717) is 18.0 Å². The Morgan fingerprint density at radius 1 is 1.19 bits per heavy atom. The standard InChI is InChI=1S/C19H41N5O.HI/c1-7-17(4)23(6)9-8-21-19(20-5)22-15-18(14-16(2)3)24-10-12-25-13-11-24;/h16-18H,7-15H2,1-6H3,(H2,20,21,22);1H. The van der Waals surface area contributed by atoms with E-state index >= 15 is 0 Å². The summed E-state index contributed by atoms with van der Waals surface area (Å²) in [5, 5.41) is 6.97. The lowest BCUT2D eigenvalue weighted by molar-refractivity contribution is 0.0132. The van der Waals surface area contributed by atoms with Crippen LogP contribution >= 0.6 is 24.0 Å². The zero-order valence-corrected chi connectivity index (χ0v) is 20.1. The van der Waals surface area contributed by atoms with Gasteiger partial charge in [0.1, 0.15) is 0 Å². The summed E-state index contributed by atoms with van der Waals surface area (Å²) >= 11 is 0. The number of halogens is 1. The molecule has 1 aliphatic heterocycles. The lowest BCUT2D eigenvalue weighted by Gasteiger charge is -2.35. The molecule has 1 aliphatic rings. The number of aliphatic imine (C=N–C) groups is 1. The Bertz CT molecular complexity index is 375. The van der Waals surface area contributed by atoms with Crippen molar-refractivity contribution in [3.63, 3.8) is 0 Å². The molecule has 0 spiro atoms. The molecule has 6 nitrogen and oxygen atoms in total. The summed E-state index contributed by atoms with van der Waals surface area (Å²) in [5.74, 6) is 1.59. The smallest absolute Gasteiger partial charge is 0.191 e. The summed E-state index contributed by atoms with van der Waals surface area (Å²) in [7, 11) is 4.03. The van der Waals surface area contributed by atoms with Gasteiger partial charge in [0.25, 0.3) is 0 Å². The van der Waals surface area contributed by atoms with Gasteiger partial charge in [-0.25, -0.2) is 0 Å². The van der Waals surface area contributed by atoms with Gasteiger partial charge in [0.05, 0.1) is 13.2 Å². The molecule has 156 valence electrons. The van der Waals surface area contributed by atoms with E-state index in [2.05, 4.69) is 60.2 Å². The summed E-state index contributed by atoms with van der Waals surface area (Å²) in [6.07, 6.45) is 2.38. The van der Waals surface area contributed by atoms with Crippen molar-refractivity contribution in [2.45, 2.75) is 52.6 Å². The monoisotopic (exact) mass is 483 g/mol. The number of nitrogens with one attached hydrogen (secondary N) is 2. The molecule has 26 heavy (non-hydrogen) atoms. The maximum atomic E-state index is 5.50. The predicted octanol–water partition coefficient (Wildman–Crippen LogP) is 2.25. The summed E-state index contributed by atoms with van der Waals surface area (Å²) < 4.78 is 5.50. The fourth-order valence-electron chi connectivity index (χ4n) is 3.17. The summed E-state index contributed by atoms with van der Waals surface area (Å²) in [6.45, 7) is 15.7. The molecule has 0 aromatic carbocycles. The molecule has 1 saturated heterocycles. The zero-order valence-electron chi connectivity index (χ0n) is 17.8. The minimum atomic E-state index is 0. The quantitative estimate of drug-likeness (QED) is 0.284. The molecule has 0 bridgehead atoms. The molecule has 2 N–H and O–H groups in total. The second-order valence-electron chi connectivity index (χ2n) is 7.55. The molecular weight excluding hydrogens is 441 g/mol. The van der Waals surface area contributed by atoms with E-state index in [1.54, 1.807) is 0 Å². The topological polar surface area (TPSA) is 52.1 Å². The number of hydrogen-bond donors (Lipinski definition) is 2. The predicted molar refractivity (Wildman–Crippen MR) is 123 cm³/mol. The maximum absolute atomic E-state index is 5.50. The van der Waals surface area contributed by atoms with Crippen LogP contribution in [0.3, 0.4) is 0 Å². The van der Waals surface area contributed by atoms with Gasteiger partial charge in [-0.2, -0.15) is 0 Å². The molecular formula is C19H42IN5O. The normalized spacial score (nSPS) is 18.5. The van der Waals surface area contributed by atoms with Crippen molar-refractivity contribution >= 4 is 29.9 Å². The number of morpholine rings is 1. The van der Waals surface area contributed by atoms with Crippen LogP contribution in [0.4, 0.5) is 0 Å². The number of likely N-dealkylation sites (N-methyl/N-ethyl adjacent to an activating group) is 1. The first-order chi connectivity index (χ1) is 12.0. The molecule has 0 aromatic rings. The van der Waals surface area contributed by atoms with Crippen molar-refractivity contribution in [1.82, 2.24) is 20.4 Å². The first-order valence-corrected chi connectivity index (χ1v) is 9.94. The van der Waals surface area contributed by atoms with E-state index in [0.717, 1.165) is 51.9 Å². The zero-order chi connectivity index (χ0) is 18.7. The molecule has 2 unspecified atom stereocenters. The van der Waals surface area contributed by atoms with Gasteiger partial charge in [0, 0.05) is 51.9 Å². The third kappa shape index (κ3) is 10.3. The number of ether oxygens (including phenoxy) is 1. The van der Waals surface area contributed by atoms with Gasteiger partial charge in [0.15, 0.2) is 5.96 Å². The van der Waals surface area contributed by atoms with Gasteiger partial charge in [-0.1, -0.05) is 20.8 Å². The third-order valence-electron chi connectivity index (χ3n) is 5.13. The summed E-state index contributed by atoms with van der Waals surface area (Å²) in [6, 6.07) is 1.15. The SMILES string of the molecule is CCC(C)N(C)CCNC(=NC)NCC(CC(C)C)N1CCOCC1.I. The molecule has 0 amide bonds. The molecule has 0 aromatic heterocycles. The molecule has 7 heteroatoms. The van der Waals surface area contributed by atoms with Gasteiger partial charge in [-0.05, 0) is 32.7 Å². The van der Waals surface area contributed by atoms with Crippen LogP contribution in [0.2, 0.25) is 0 Å². The highest BCUT2D eigenvalue weighted by molar-refractivity contribution is 14.0. The van der Waals surface area contributed by atoms with Crippen LogP contribution in [0.15, 0.2) is 4.99 Å². The van der Waals surface area contributed by atoms with E-state index in [4.69, 9.17) is 4.74 Å². The van der Waals surface area contributed by atoms with E-state index < -0.39 is 0 Å². The average molecular weight is 483 g/mol. The molecule has 1 rings (SSSR count). The highest BCUT2D eigenvalue weighted by Crippen LogP contribution is 2.12. The van der Waals surface area contributed by atoms with E-state index in [-0.39, 0.29) is 24.0 Å². The molecule has 0 radical (unpaired) electrons. The number of hydrogen-bond acceptors (Lipinski definition) is 4. The van der Waals surface area contributed by atoms with Crippen LogP contribution in [-0.2, 0) is 4.74 Å². The Kier molecular flexibility index (Phi) is 14.8. The van der Waals surface area contributed by atoms with Crippen LogP contribution in [0.25, 0.3) is 0 Å². The van der Waals surface area contributed by atoms with Gasteiger partial charge < -0.3 is 20.3 Å². The lowest BCUT2D eigenvalue weighted by Crippen LogP contribution is -2.51. The first kappa shape index (κ1) is 25.9. The minimum Gasteiger partial charge on any atom is -0.379 e. The Morgan fingerprint density at radius 3 is 2.38 bits per heavy atom. The Morgan fingerprint density at radius 2 is 1.85 bits per heavy atom. The summed E-state index contributed by atoms with van der Waals surface area (Å²) in [5.41, 5.74) is 0. The number of rotatable bonds is 10. The average Bonchev–Trinajstić information content (AvgIpc) is 2.62. The number of guanidine groups is 1. The maximum Gasteiger partial charge on any atom is 0.191 e. The molecule has 0 aliphatic carbocycles. The Hall–Kier alpha value is -0.120. The van der Waals surface area contributed by atoms with Crippen molar-refractivity contribution in [2.75, 3.05) is 60.0 Å². The van der Waals surface area contributed by atoms with Crippen LogP contribution in [0.5, 0.6) is 0 Å². The van der Waals surface area contributed by atoms with Crippen molar-refractivity contribution in [3.05, 3.63) is 0 Å². The van der Waals surface area contributed by atoms with Gasteiger partial charge in [-0.15, -0.1) is 24.0 Å². The van der Waals surface area contributed by atoms with Crippen molar-refractivity contribution < 1.29 is 4.74 Å². The van der Waals surface area contributed by atoms with E-state index in [1.165, 1.54) is 12.8 Å². The van der Waals surface area contributed by atoms with Gasteiger partial charge in [0.2, 0.25) is 0 Å². The molecule has 2 atom stereocenters. The highest BCUT2D eigenvalue weighted by atomic mass is 127. The second-order valence-corrected chi connectivity index (χ2v) is 7.55. The van der Waals surface area contributed by atoms with Crippen molar-refractivity contribution in [3.8, 4) is 0 Å². The van der Waals surface area contributed by atoms with Gasteiger partial charge >= 0.3 is 0 Å². The minimum absolute atomic E-state index is 0. The first-order valence-electron chi connectivity index (χ1n) is 9.94.